The fourth-order valence-electron chi connectivity index (χ4n) is 3.95. The van der Waals surface area contributed by atoms with E-state index in [9.17, 15) is 4.79 Å². The summed E-state index contributed by atoms with van der Waals surface area (Å²) in [6.45, 7) is 6.28. The predicted molar refractivity (Wildman–Crippen MR) is 115 cm³/mol. The molecule has 2 fully saturated rings. The number of carbonyl (C=O) groups excluding carboxylic acids is 1. The van der Waals surface area contributed by atoms with Gasteiger partial charge < -0.3 is 15.1 Å². The second-order valence-corrected chi connectivity index (χ2v) is 7.95. The second kappa shape index (κ2) is 8.84. The number of nitrogens with one attached hydrogen (secondary N) is 1. The minimum Gasteiger partial charge on any atom is -0.370 e. The molecule has 0 spiro atoms. The number of urea groups is 1. The minimum absolute atomic E-state index is 0.0515. The molecule has 4 rings (SSSR count). The highest BCUT2D eigenvalue weighted by atomic mass is 35.5. The number of piperazine rings is 1. The summed E-state index contributed by atoms with van der Waals surface area (Å²) < 4.78 is 0. The third-order valence-corrected chi connectivity index (χ3v) is 5.86. The van der Waals surface area contributed by atoms with E-state index < -0.39 is 0 Å². The van der Waals surface area contributed by atoms with Gasteiger partial charge in [0.1, 0.15) is 0 Å². The molecule has 0 aromatic heterocycles. The number of nitrogens with zero attached hydrogens (tertiary/aromatic N) is 3. The largest absolute Gasteiger partial charge is 0.370 e. The summed E-state index contributed by atoms with van der Waals surface area (Å²) in [5, 5.41) is 3.70. The van der Waals surface area contributed by atoms with Crippen LogP contribution in [0.1, 0.15) is 18.4 Å². The van der Waals surface area contributed by atoms with Gasteiger partial charge in [-0.2, -0.15) is 0 Å². The van der Waals surface area contributed by atoms with Crippen molar-refractivity contribution < 1.29 is 4.79 Å². The van der Waals surface area contributed by atoms with Crippen LogP contribution in [0.4, 0.5) is 16.2 Å². The topological polar surface area (TPSA) is 38.8 Å². The zero-order chi connectivity index (χ0) is 19.3. The molecular weight excluding hydrogens is 372 g/mol. The molecule has 0 atom stereocenters. The molecule has 2 aliphatic heterocycles. The van der Waals surface area contributed by atoms with Gasteiger partial charge in [0.05, 0.1) is 10.7 Å². The normalized spacial score (nSPS) is 17.8. The van der Waals surface area contributed by atoms with Gasteiger partial charge in [-0.1, -0.05) is 41.9 Å². The quantitative estimate of drug-likeness (QED) is 0.834. The summed E-state index contributed by atoms with van der Waals surface area (Å²) in [5.74, 6) is 0. The van der Waals surface area contributed by atoms with Crippen LogP contribution in [0.15, 0.2) is 48.5 Å². The third-order valence-electron chi connectivity index (χ3n) is 5.55. The third kappa shape index (κ3) is 4.59. The van der Waals surface area contributed by atoms with Gasteiger partial charge in [-0.25, -0.2) is 4.79 Å². The van der Waals surface area contributed by atoms with Crippen molar-refractivity contribution in [1.29, 1.82) is 0 Å². The number of carbonyl (C=O) groups is 1. The van der Waals surface area contributed by atoms with E-state index in [4.69, 9.17) is 11.6 Å². The van der Waals surface area contributed by atoms with Gasteiger partial charge in [0, 0.05) is 51.5 Å². The van der Waals surface area contributed by atoms with Crippen molar-refractivity contribution in [2.75, 3.05) is 49.5 Å². The van der Waals surface area contributed by atoms with Gasteiger partial charge in [0.2, 0.25) is 0 Å². The van der Waals surface area contributed by atoms with Gasteiger partial charge in [-0.15, -0.1) is 0 Å². The number of amides is 2. The Morgan fingerprint density at radius 2 is 1.64 bits per heavy atom. The fourth-order valence-corrected chi connectivity index (χ4v) is 4.25. The maximum Gasteiger partial charge on any atom is 0.321 e. The predicted octanol–water partition coefficient (Wildman–Crippen LogP) is 4.29. The number of anilines is 2. The molecule has 2 amide bonds. The first kappa shape index (κ1) is 19.1. The van der Waals surface area contributed by atoms with E-state index in [1.807, 2.05) is 29.2 Å². The van der Waals surface area contributed by atoms with Gasteiger partial charge in [0.25, 0.3) is 0 Å². The van der Waals surface area contributed by atoms with Crippen LogP contribution in [0.25, 0.3) is 0 Å². The molecule has 0 radical (unpaired) electrons. The zero-order valence-electron chi connectivity index (χ0n) is 16.1. The number of benzene rings is 2. The lowest BCUT2D eigenvalue weighted by atomic mass is 10.2. The Bertz CT molecular complexity index is 799. The van der Waals surface area contributed by atoms with Crippen molar-refractivity contribution in [2.24, 2.45) is 0 Å². The minimum atomic E-state index is -0.0515. The van der Waals surface area contributed by atoms with Crippen LogP contribution in [-0.4, -0.2) is 55.1 Å². The maximum atomic E-state index is 12.6. The number of hydrogen-bond acceptors (Lipinski definition) is 3. The molecule has 148 valence electrons. The molecule has 0 bridgehead atoms. The zero-order valence-corrected chi connectivity index (χ0v) is 16.9. The van der Waals surface area contributed by atoms with Crippen LogP contribution in [0.3, 0.4) is 0 Å². The molecule has 0 saturated carbocycles. The average molecular weight is 399 g/mol. The summed E-state index contributed by atoms with van der Waals surface area (Å²) in [7, 11) is 0. The van der Waals surface area contributed by atoms with E-state index in [1.54, 1.807) is 0 Å². The van der Waals surface area contributed by atoms with Crippen LogP contribution in [0.2, 0.25) is 5.02 Å². The summed E-state index contributed by atoms with van der Waals surface area (Å²) in [4.78, 5) is 19.2. The van der Waals surface area contributed by atoms with E-state index in [-0.39, 0.29) is 6.03 Å². The Balaban J connectivity index is 1.29. The Labute approximate surface area is 171 Å². The van der Waals surface area contributed by atoms with Crippen molar-refractivity contribution in [3.63, 3.8) is 0 Å². The average Bonchev–Trinajstić information content (AvgIpc) is 3.24. The lowest BCUT2D eigenvalue weighted by molar-refractivity contribution is 0.143. The lowest BCUT2D eigenvalue weighted by Crippen LogP contribution is -2.49. The molecule has 2 aromatic rings. The first-order valence-electron chi connectivity index (χ1n) is 10.1. The first-order chi connectivity index (χ1) is 13.7. The van der Waals surface area contributed by atoms with Gasteiger partial charge in [-0.05, 0) is 36.6 Å². The number of halogens is 1. The summed E-state index contributed by atoms with van der Waals surface area (Å²) >= 11 is 6.46. The molecule has 2 saturated heterocycles. The van der Waals surface area contributed by atoms with Crippen LogP contribution in [0, 0.1) is 0 Å². The molecule has 6 heteroatoms. The second-order valence-electron chi connectivity index (χ2n) is 7.54. The standard InChI is InChI=1S/C22H27ClN4O/c23-20-16-19(8-9-21(20)26-10-4-5-11-26)24-22(28)27-14-12-25(13-15-27)17-18-6-2-1-3-7-18/h1-3,6-9,16H,4-5,10-15,17H2,(H,24,28). The van der Waals surface area contributed by atoms with Crippen LogP contribution >= 0.6 is 11.6 Å². The van der Waals surface area contributed by atoms with E-state index in [0.29, 0.717) is 5.02 Å². The number of rotatable bonds is 4. The Kier molecular flexibility index (Phi) is 6.03. The van der Waals surface area contributed by atoms with Crippen molar-refractivity contribution >= 4 is 29.0 Å². The van der Waals surface area contributed by atoms with E-state index >= 15 is 0 Å². The summed E-state index contributed by atoms with van der Waals surface area (Å²) in [5.41, 5.74) is 3.13. The molecular formula is C22H27ClN4O. The van der Waals surface area contributed by atoms with Crippen LogP contribution in [-0.2, 0) is 6.54 Å². The van der Waals surface area contributed by atoms with Gasteiger partial charge in [-0.3, -0.25) is 4.90 Å². The van der Waals surface area contributed by atoms with Crippen molar-refractivity contribution in [2.45, 2.75) is 19.4 Å². The van der Waals surface area contributed by atoms with Gasteiger partial charge >= 0.3 is 6.03 Å². The van der Waals surface area contributed by atoms with Crippen molar-refractivity contribution in [3.8, 4) is 0 Å². The molecule has 0 unspecified atom stereocenters. The maximum absolute atomic E-state index is 12.6. The molecule has 0 aliphatic carbocycles. The molecule has 5 nitrogen and oxygen atoms in total. The monoisotopic (exact) mass is 398 g/mol. The van der Waals surface area contributed by atoms with E-state index in [2.05, 4.69) is 39.4 Å². The SMILES string of the molecule is O=C(Nc1ccc(N2CCCC2)c(Cl)c1)N1CCN(Cc2ccccc2)CC1. The summed E-state index contributed by atoms with van der Waals surface area (Å²) in [6.07, 6.45) is 2.43. The van der Waals surface area contributed by atoms with Crippen LogP contribution < -0.4 is 10.2 Å². The highest BCUT2D eigenvalue weighted by Gasteiger charge is 2.22. The Morgan fingerprint density at radius 3 is 2.32 bits per heavy atom. The highest BCUT2D eigenvalue weighted by molar-refractivity contribution is 6.33. The molecule has 2 aliphatic rings. The first-order valence-corrected chi connectivity index (χ1v) is 10.4. The Morgan fingerprint density at radius 1 is 0.929 bits per heavy atom. The Hall–Kier alpha value is -2.24. The fraction of sp³-hybridized carbons (Fsp3) is 0.409. The van der Waals surface area contributed by atoms with Crippen molar-refractivity contribution in [3.05, 3.63) is 59.1 Å². The number of hydrogen-bond donors (Lipinski definition) is 1. The molecule has 2 aromatic carbocycles. The highest BCUT2D eigenvalue weighted by Crippen LogP contribution is 2.31. The molecule has 28 heavy (non-hydrogen) atoms. The lowest BCUT2D eigenvalue weighted by Gasteiger charge is -2.34. The van der Waals surface area contributed by atoms with Gasteiger partial charge in [0.15, 0.2) is 0 Å². The van der Waals surface area contributed by atoms with E-state index in [0.717, 1.165) is 57.2 Å². The smallest absolute Gasteiger partial charge is 0.321 e. The van der Waals surface area contributed by atoms with Crippen molar-refractivity contribution in [1.82, 2.24) is 9.80 Å². The molecule has 2 heterocycles. The van der Waals surface area contributed by atoms with E-state index in [1.165, 1.54) is 18.4 Å². The molecule has 1 N–H and O–H groups in total. The van der Waals surface area contributed by atoms with Crippen LogP contribution in [0.5, 0.6) is 0 Å². The summed E-state index contributed by atoms with van der Waals surface area (Å²) in [6, 6.07) is 16.2.